The Hall–Kier alpha value is -2.75. The second-order valence-corrected chi connectivity index (χ2v) is 8.57. The third-order valence-electron chi connectivity index (χ3n) is 6.25. The molecule has 1 aliphatic rings. The van der Waals surface area contributed by atoms with E-state index in [0.717, 1.165) is 13.8 Å². The lowest BCUT2D eigenvalue weighted by atomic mass is 9.74. The van der Waals surface area contributed by atoms with Crippen LogP contribution in [0.4, 0.5) is 23.4 Å². The second kappa shape index (κ2) is 7.74. The van der Waals surface area contributed by atoms with E-state index in [1.807, 2.05) is 4.90 Å². The molecule has 3 N–H and O–H groups in total. The highest BCUT2D eigenvalue weighted by atomic mass is 19.4. The van der Waals surface area contributed by atoms with E-state index in [0.29, 0.717) is 48.5 Å². The molecule has 0 radical (unpaired) electrons. The Morgan fingerprint density at radius 3 is 2.77 bits per heavy atom. The number of pyridine rings is 2. The lowest BCUT2D eigenvalue weighted by Gasteiger charge is -2.43. The lowest BCUT2D eigenvalue weighted by molar-refractivity contribution is -0.222. The number of halogens is 4. The van der Waals surface area contributed by atoms with Crippen molar-refractivity contribution in [2.45, 2.75) is 38.9 Å². The van der Waals surface area contributed by atoms with Crippen LogP contribution < -0.4 is 10.6 Å². The summed E-state index contributed by atoms with van der Waals surface area (Å²) in [6, 6.07) is 5.28. The van der Waals surface area contributed by atoms with Crippen molar-refractivity contribution in [3.63, 3.8) is 0 Å². The van der Waals surface area contributed by atoms with Crippen LogP contribution in [0.15, 0.2) is 30.5 Å². The molecule has 0 amide bonds. The number of alkyl halides is 3. The molecule has 1 aliphatic heterocycles. The molecule has 172 valence electrons. The third-order valence-corrected chi connectivity index (χ3v) is 6.25. The number of fused-ring (bicyclic) bond motifs is 1. The quantitative estimate of drug-likeness (QED) is 0.554. The van der Waals surface area contributed by atoms with Gasteiger partial charge in [-0.25, -0.2) is 14.4 Å². The van der Waals surface area contributed by atoms with Gasteiger partial charge in [0.1, 0.15) is 11.5 Å². The molecule has 1 fully saturated rings. The number of H-pyrrole nitrogens is 1. The van der Waals surface area contributed by atoms with Crippen molar-refractivity contribution >= 4 is 16.9 Å². The van der Waals surface area contributed by atoms with Crippen LogP contribution >= 0.6 is 0 Å². The van der Waals surface area contributed by atoms with E-state index in [-0.39, 0.29) is 15.9 Å². The maximum Gasteiger partial charge on any atom is 0.395 e. The molecule has 3 aromatic rings. The first kappa shape index (κ1) is 21.5. The van der Waals surface area contributed by atoms with Crippen molar-refractivity contribution in [1.29, 1.82) is 0 Å². The molecule has 10 heteroatoms. The SMILES string of the molecule is CC(C)(C(N)C1CCCN(c2ccc(F)c(-c3[nH]nc4ncccc34)n2)C1)C(F)(F)F.[HH].[HH].[HH]. The van der Waals surface area contributed by atoms with Gasteiger partial charge in [-0.3, -0.25) is 5.10 Å². The molecule has 4 heterocycles. The zero-order chi connectivity index (χ0) is 22.4. The minimum atomic E-state index is -4.40. The standard InChI is InChI=1S/C21H24F4N6.3H2/c1-20(2,21(23,24)25)18(26)12-5-4-10-31(11-12)15-8-7-14(22)17(28-15)16-13-6-3-9-27-19(13)30-29-16;;;/h3,6-9,12,18H,4-5,10-11,26H2,1-2H3,(H,27,29,30);3*1H. The van der Waals surface area contributed by atoms with E-state index >= 15 is 0 Å². The molecular weight excluding hydrogens is 412 g/mol. The van der Waals surface area contributed by atoms with Crippen LogP contribution in [0.5, 0.6) is 0 Å². The van der Waals surface area contributed by atoms with Crippen LogP contribution in [-0.4, -0.2) is 45.5 Å². The van der Waals surface area contributed by atoms with Gasteiger partial charge in [-0.15, -0.1) is 0 Å². The Morgan fingerprint density at radius 2 is 2.03 bits per heavy atom. The molecule has 0 aliphatic carbocycles. The normalized spacial score (nSPS) is 19.1. The number of nitrogens with two attached hydrogens (primary N) is 1. The Balaban J connectivity index is 0.00000193. The molecular formula is C21H30F4N6. The van der Waals surface area contributed by atoms with Gasteiger partial charge in [0.05, 0.1) is 11.1 Å². The highest BCUT2D eigenvalue weighted by molar-refractivity contribution is 5.89. The number of hydrogen-bond acceptors (Lipinski definition) is 5. The van der Waals surface area contributed by atoms with Gasteiger partial charge in [-0.05, 0) is 56.9 Å². The molecule has 0 saturated carbocycles. The van der Waals surface area contributed by atoms with E-state index in [4.69, 9.17) is 5.73 Å². The fraction of sp³-hybridized carbons (Fsp3) is 0.476. The number of aromatic amines is 1. The molecule has 31 heavy (non-hydrogen) atoms. The molecule has 2 atom stereocenters. The summed E-state index contributed by atoms with van der Waals surface area (Å²) < 4.78 is 55.1. The summed E-state index contributed by atoms with van der Waals surface area (Å²) in [6.45, 7) is 3.22. The Morgan fingerprint density at radius 1 is 1.26 bits per heavy atom. The Bertz CT molecular complexity index is 1090. The fourth-order valence-corrected chi connectivity index (χ4v) is 4.10. The van der Waals surface area contributed by atoms with E-state index < -0.39 is 23.5 Å². The number of nitrogens with one attached hydrogen (secondary N) is 1. The number of aromatic nitrogens is 4. The number of piperidine rings is 1. The first-order chi connectivity index (χ1) is 14.6. The maximum atomic E-state index is 14.6. The largest absolute Gasteiger partial charge is 0.395 e. The Labute approximate surface area is 181 Å². The molecule has 1 saturated heterocycles. The van der Waals surface area contributed by atoms with Gasteiger partial charge in [-0.2, -0.15) is 18.3 Å². The zero-order valence-corrected chi connectivity index (χ0v) is 17.2. The van der Waals surface area contributed by atoms with Crippen molar-refractivity contribution in [2.24, 2.45) is 17.1 Å². The average Bonchev–Trinajstić information content (AvgIpc) is 3.17. The van der Waals surface area contributed by atoms with Gasteiger partial charge < -0.3 is 10.6 Å². The van der Waals surface area contributed by atoms with Crippen LogP contribution in [0.25, 0.3) is 22.4 Å². The minimum absolute atomic E-state index is 0. The summed E-state index contributed by atoms with van der Waals surface area (Å²) in [6.07, 6.45) is -1.53. The number of anilines is 1. The van der Waals surface area contributed by atoms with Crippen molar-refractivity contribution in [3.05, 3.63) is 36.3 Å². The lowest BCUT2D eigenvalue weighted by Crippen LogP contribution is -2.55. The van der Waals surface area contributed by atoms with E-state index in [9.17, 15) is 17.6 Å². The van der Waals surface area contributed by atoms with E-state index in [2.05, 4.69) is 20.2 Å². The third kappa shape index (κ3) is 3.84. The summed E-state index contributed by atoms with van der Waals surface area (Å²) in [4.78, 5) is 10.5. The maximum absolute atomic E-state index is 14.6. The summed E-state index contributed by atoms with van der Waals surface area (Å²) in [5, 5.41) is 7.51. The molecule has 3 aromatic heterocycles. The molecule has 0 aromatic carbocycles. The smallest absolute Gasteiger partial charge is 0.356 e. The van der Waals surface area contributed by atoms with Crippen LogP contribution in [0.3, 0.4) is 0 Å². The van der Waals surface area contributed by atoms with Gasteiger partial charge in [-0.1, -0.05) is 0 Å². The second-order valence-electron chi connectivity index (χ2n) is 8.57. The molecule has 2 unspecified atom stereocenters. The molecule has 6 nitrogen and oxygen atoms in total. The number of hydrogen-bond donors (Lipinski definition) is 2. The van der Waals surface area contributed by atoms with E-state index in [1.54, 1.807) is 24.4 Å². The first-order valence-electron chi connectivity index (χ1n) is 10.1. The highest BCUT2D eigenvalue weighted by Crippen LogP contribution is 2.43. The van der Waals surface area contributed by atoms with Gasteiger partial charge in [0.2, 0.25) is 0 Å². The number of nitrogens with zero attached hydrogens (tertiary/aromatic N) is 4. The fourth-order valence-electron chi connectivity index (χ4n) is 4.10. The van der Waals surface area contributed by atoms with Crippen molar-refractivity contribution in [1.82, 2.24) is 20.2 Å². The van der Waals surface area contributed by atoms with Crippen LogP contribution in [0.1, 0.15) is 31.0 Å². The van der Waals surface area contributed by atoms with Crippen LogP contribution in [-0.2, 0) is 0 Å². The van der Waals surface area contributed by atoms with Crippen molar-refractivity contribution in [3.8, 4) is 11.4 Å². The summed E-state index contributed by atoms with van der Waals surface area (Å²) in [5.74, 6) is -0.399. The highest BCUT2D eigenvalue weighted by Gasteiger charge is 2.53. The summed E-state index contributed by atoms with van der Waals surface area (Å²) in [5.41, 5.74) is 5.04. The van der Waals surface area contributed by atoms with Crippen LogP contribution in [0.2, 0.25) is 0 Å². The average molecular weight is 443 g/mol. The van der Waals surface area contributed by atoms with E-state index in [1.165, 1.54) is 6.07 Å². The molecule has 0 bridgehead atoms. The molecule has 0 spiro atoms. The summed E-state index contributed by atoms with van der Waals surface area (Å²) >= 11 is 0. The van der Waals surface area contributed by atoms with Crippen LogP contribution in [0, 0.1) is 17.2 Å². The first-order valence-corrected chi connectivity index (χ1v) is 10.1. The Kier molecular flexibility index (Phi) is 5.36. The zero-order valence-electron chi connectivity index (χ0n) is 17.2. The summed E-state index contributed by atoms with van der Waals surface area (Å²) in [7, 11) is 0. The van der Waals surface area contributed by atoms with Gasteiger partial charge in [0, 0.05) is 35.0 Å². The van der Waals surface area contributed by atoms with Crippen molar-refractivity contribution in [2.75, 3.05) is 18.0 Å². The minimum Gasteiger partial charge on any atom is -0.356 e. The van der Waals surface area contributed by atoms with Gasteiger partial charge in [0.25, 0.3) is 0 Å². The van der Waals surface area contributed by atoms with Gasteiger partial charge >= 0.3 is 6.18 Å². The number of rotatable bonds is 4. The monoisotopic (exact) mass is 442 g/mol. The molecule has 4 rings (SSSR count). The van der Waals surface area contributed by atoms with Gasteiger partial charge in [0.15, 0.2) is 11.5 Å². The predicted octanol–water partition coefficient (Wildman–Crippen LogP) is 5.03. The predicted molar refractivity (Wildman–Crippen MR) is 116 cm³/mol. The van der Waals surface area contributed by atoms with Crippen molar-refractivity contribution < 1.29 is 21.8 Å². The topological polar surface area (TPSA) is 83.7 Å².